The van der Waals surface area contributed by atoms with Gasteiger partial charge in [0, 0.05) is 12.5 Å². The molecule has 0 aliphatic carbocycles. The largest absolute Gasteiger partial charge is 0.459 e. The number of carbonyl (C=O) groups is 2. The molecule has 3 rings (SSSR count). The van der Waals surface area contributed by atoms with Crippen LogP contribution in [0.1, 0.15) is 23.2 Å². The second-order valence-corrected chi connectivity index (χ2v) is 6.04. The summed E-state index contributed by atoms with van der Waals surface area (Å²) in [5.74, 6) is -0.184. The zero-order valence-electron chi connectivity index (χ0n) is 13.4. The Bertz CT molecular complexity index is 701. The van der Waals surface area contributed by atoms with E-state index in [0.717, 1.165) is 0 Å². The van der Waals surface area contributed by atoms with Gasteiger partial charge in [-0.25, -0.2) is 9.59 Å². The van der Waals surface area contributed by atoms with Gasteiger partial charge in [-0.1, -0.05) is 18.2 Å². The first-order chi connectivity index (χ1) is 11.5. The number of urea groups is 1. The highest BCUT2D eigenvalue weighted by molar-refractivity contribution is 5.99. The number of aliphatic imine (C=N–C) groups is 1. The first kappa shape index (κ1) is 16.4. The first-order valence-corrected chi connectivity index (χ1v) is 7.80. The molecule has 3 atom stereocenters. The molecule has 24 heavy (non-hydrogen) atoms. The molecule has 2 aliphatic heterocycles. The minimum atomic E-state index is -0.380. The third kappa shape index (κ3) is 3.22. The van der Waals surface area contributed by atoms with E-state index in [-0.39, 0.29) is 41.3 Å². The van der Waals surface area contributed by atoms with Crippen LogP contribution < -0.4 is 5.73 Å². The SMILES string of the molecule is C[N+]1([C@H]2CC[C@@H](COC(=O)c3ccccc3)O2)C=CC(N)=NC1=O. The van der Waals surface area contributed by atoms with Gasteiger partial charge in [-0.3, -0.25) is 0 Å². The molecule has 0 saturated carbocycles. The van der Waals surface area contributed by atoms with Gasteiger partial charge in [0.05, 0.1) is 18.7 Å². The number of esters is 1. The highest BCUT2D eigenvalue weighted by atomic mass is 16.6. The van der Waals surface area contributed by atoms with E-state index in [9.17, 15) is 9.59 Å². The fourth-order valence-electron chi connectivity index (χ4n) is 2.80. The Morgan fingerprint density at radius 2 is 2.12 bits per heavy atom. The van der Waals surface area contributed by atoms with Gasteiger partial charge in [0.15, 0.2) is 0 Å². The Balaban J connectivity index is 1.56. The average molecular weight is 330 g/mol. The molecule has 0 radical (unpaired) electrons. The quantitative estimate of drug-likeness (QED) is 0.671. The maximum atomic E-state index is 12.2. The van der Waals surface area contributed by atoms with E-state index in [1.807, 2.05) is 6.07 Å². The molecule has 1 saturated heterocycles. The zero-order valence-corrected chi connectivity index (χ0v) is 13.4. The van der Waals surface area contributed by atoms with Crippen LogP contribution in [0.25, 0.3) is 0 Å². The summed E-state index contributed by atoms with van der Waals surface area (Å²) in [6.45, 7) is 0.160. The molecule has 1 aromatic rings. The monoisotopic (exact) mass is 330 g/mol. The Hall–Kier alpha value is -2.51. The number of nitrogens with zero attached hydrogens (tertiary/aromatic N) is 2. The smallest absolute Gasteiger partial charge is 0.451 e. The van der Waals surface area contributed by atoms with Crippen molar-refractivity contribution >= 4 is 17.8 Å². The molecule has 1 aromatic carbocycles. The van der Waals surface area contributed by atoms with E-state index < -0.39 is 0 Å². The lowest BCUT2D eigenvalue weighted by atomic mass is 10.2. The van der Waals surface area contributed by atoms with Crippen LogP contribution >= 0.6 is 0 Å². The Morgan fingerprint density at radius 1 is 1.38 bits per heavy atom. The van der Waals surface area contributed by atoms with E-state index in [2.05, 4.69) is 4.99 Å². The molecule has 0 bridgehead atoms. The van der Waals surface area contributed by atoms with Gasteiger partial charge in [-0.15, -0.1) is 4.99 Å². The van der Waals surface area contributed by atoms with Crippen molar-refractivity contribution in [1.29, 1.82) is 0 Å². The third-order valence-corrected chi connectivity index (χ3v) is 4.29. The molecule has 1 unspecified atom stereocenters. The van der Waals surface area contributed by atoms with Crippen LogP contribution in [-0.4, -0.2) is 48.3 Å². The van der Waals surface area contributed by atoms with E-state index >= 15 is 0 Å². The number of hydrogen-bond acceptors (Lipinski definition) is 5. The van der Waals surface area contributed by atoms with E-state index in [1.165, 1.54) is 0 Å². The Morgan fingerprint density at radius 3 is 2.83 bits per heavy atom. The van der Waals surface area contributed by atoms with Gasteiger partial charge in [0.2, 0.25) is 6.23 Å². The number of carbonyl (C=O) groups excluding carboxylic acids is 2. The average Bonchev–Trinajstić information content (AvgIpc) is 3.07. The molecule has 7 heteroatoms. The summed E-state index contributed by atoms with van der Waals surface area (Å²) in [5.41, 5.74) is 6.05. The predicted octanol–water partition coefficient (Wildman–Crippen LogP) is 1.80. The van der Waals surface area contributed by atoms with Gasteiger partial charge >= 0.3 is 12.0 Å². The maximum absolute atomic E-state index is 12.2. The summed E-state index contributed by atoms with van der Waals surface area (Å²) in [4.78, 5) is 27.9. The molecule has 2 heterocycles. The number of rotatable bonds is 4. The van der Waals surface area contributed by atoms with Crippen molar-refractivity contribution in [2.24, 2.45) is 10.7 Å². The number of nitrogens with two attached hydrogens (primary N) is 1. The molecule has 2 aliphatic rings. The molecule has 0 spiro atoms. The molecule has 1 fully saturated rings. The fraction of sp³-hybridized carbons (Fsp3) is 0.353. The summed E-state index contributed by atoms with van der Waals surface area (Å²) in [5, 5.41) is 0. The Kier molecular flexibility index (Phi) is 4.46. The lowest BCUT2D eigenvalue weighted by Gasteiger charge is -2.32. The van der Waals surface area contributed by atoms with Crippen LogP contribution in [0.4, 0.5) is 4.79 Å². The number of amidine groups is 1. The highest BCUT2D eigenvalue weighted by Gasteiger charge is 2.46. The fourth-order valence-corrected chi connectivity index (χ4v) is 2.80. The number of benzene rings is 1. The van der Waals surface area contributed by atoms with Crippen molar-refractivity contribution in [2.75, 3.05) is 13.7 Å². The zero-order chi connectivity index (χ0) is 17.2. The Labute approximate surface area is 139 Å². The van der Waals surface area contributed by atoms with E-state index in [0.29, 0.717) is 18.4 Å². The minimum Gasteiger partial charge on any atom is -0.459 e. The van der Waals surface area contributed by atoms with Crippen molar-refractivity contribution in [1.82, 2.24) is 0 Å². The van der Waals surface area contributed by atoms with Crippen molar-refractivity contribution < 1.29 is 23.5 Å². The van der Waals surface area contributed by atoms with Crippen LogP contribution in [0.2, 0.25) is 0 Å². The van der Waals surface area contributed by atoms with Crippen LogP contribution in [0.5, 0.6) is 0 Å². The normalized spacial score (nSPS) is 29.4. The molecule has 7 nitrogen and oxygen atoms in total. The second kappa shape index (κ2) is 6.54. The summed E-state index contributed by atoms with van der Waals surface area (Å²) in [7, 11) is 1.73. The van der Waals surface area contributed by atoms with E-state index in [1.54, 1.807) is 43.6 Å². The van der Waals surface area contributed by atoms with Gasteiger partial charge in [0.1, 0.15) is 18.6 Å². The summed E-state index contributed by atoms with van der Waals surface area (Å²) >= 11 is 0. The summed E-state index contributed by atoms with van der Waals surface area (Å²) in [6.07, 6.45) is 4.09. The number of ether oxygens (including phenoxy) is 2. The van der Waals surface area contributed by atoms with Crippen molar-refractivity contribution in [2.45, 2.75) is 25.2 Å². The van der Waals surface area contributed by atoms with Crippen LogP contribution in [0.15, 0.2) is 47.6 Å². The van der Waals surface area contributed by atoms with E-state index in [4.69, 9.17) is 15.2 Å². The standard InChI is InChI=1S/C17H19N3O4/c1-20(10-9-14(18)19-17(20)22)15-8-7-13(24-15)11-23-16(21)12-5-3-2-4-6-12/h2-6,9-10,13,15H,7-8,11H2,1H3,(H-,18,19,22)/p+1/t13-,15+,20?/m0/s1. The number of quaternary nitrogens is 1. The molecule has 2 amide bonds. The van der Waals surface area contributed by atoms with Crippen LogP contribution in [0, 0.1) is 0 Å². The molecule has 126 valence electrons. The molecule has 0 aromatic heterocycles. The van der Waals surface area contributed by atoms with Crippen molar-refractivity contribution in [3.05, 3.63) is 48.2 Å². The lowest BCUT2D eigenvalue weighted by molar-refractivity contribution is -0.830. The third-order valence-electron chi connectivity index (χ3n) is 4.29. The maximum Gasteiger partial charge on any atom is 0.451 e. The van der Waals surface area contributed by atoms with Crippen LogP contribution in [-0.2, 0) is 9.47 Å². The van der Waals surface area contributed by atoms with Gasteiger partial charge in [-0.05, 0) is 18.6 Å². The number of hydrogen-bond donors (Lipinski definition) is 1. The number of amides is 2. The molecular weight excluding hydrogens is 310 g/mol. The predicted molar refractivity (Wildman–Crippen MR) is 87.0 cm³/mol. The van der Waals surface area contributed by atoms with Crippen LogP contribution in [0.3, 0.4) is 0 Å². The second-order valence-electron chi connectivity index (χ2n) is 6.04. The van der Waals surface area contributed by atoms with Gasteiger partial charge in [0.25, 0.3) is 0 Å². The molecular formula is C17H20N3O4+. The highest BCUT2D eigenvalue weighted by Crippen LogP contribution is 2.30. The topological polar surface area (TPSA) is 91.0 Å². The minimum absolute atomic E-state index is 0.0795. The first-order valence-electron chi connectivity index (χ1n) is 7.80. The summed E-state index contributed by atoms with van der Waals surface area (Å²) < 4.78 is 11.1. The van der Waals surface area contributed by atoms with Gasteiger partial charge < -0.3 is 15.2 Å². The van der Waals surface area contributed by atoms with Crippen molar-refractivity contribution in [3.8, 4) is 0 Å². The lowest BCUT2D eigenvalue weighted by Crippen LogP contribution is -2.53. The van der Waals surface area contributed by atoms with Crippen molar-refractivity contribution in [3.63, 3.8) is 0 Å². The van der Waals surface area contributed by atoms with Gasteiger partial charge in [-0.2, -0.15) is 4.48 Å². The molecule has 2 N–H and O–H groups in total. The summed E-state index contributed by atoms with van der Waals surface area (Å²) in [6, 6.07) is 8.44.